The lowest BCUT2D eigenvalue weighted by atomic mass is 9.96. The lowest BCUT2D eigenvalue weighted by molar-refractivity contribution is -0.121. The van der Waals surface area contributed by atoms with E-state index in [1.165, 1.54) is 36.4 Å². The van der Waals surface area contributed by atoms with Gasteiger partial charge in [-0.1, -0.05) is 12.1 Å². The molecule has 0 aromatic heterocycles. The number of carbonyl (C=O) groups excluding carboxylic acids is 5. The van der Waals surface area contributed by atoms with Crippen LogP contribution in [-0.4, -0.2) is 64.6 Å². The number of Topliss-reactive ketones (excluding diaryl/α,β-unsaturated/α-hetero) is 4. The summed E-state index contributed by atoms with van der Waals surface area (Å²) >= 11 is 0. The van der Waals surface area contributed by atoms with E-state index in [1.807, 2.05) is 0 Å². The first kappa shape index (κ1) is 26.8. The molecule has 0 aliphatic heterocycles. The second-order valence-electron chi connectivity index (χ2n) is 9.52. The standard InChI is InChI=1S/C29H26O9/c1-13(2)37-11-21(30)23-26(33)17-7-5-15(9-19(17)28(23)35)25(32)16-6-8-18-20(10-16)29(36)24(27(18)34)22(31)12-38-14(3)4/h5-10,13-14,35-36H,11-12H2,1-4H3. The first-order chi connectivity index (χ1) is 17.9. The number of benzene rings is 2. The lowest BCUT2D eigenvalue weighted by Crippen LogP contribution is -2.19. The molecule has 0 bridgehead atoms. The maximum atomic E-state index is 13.3. The smallest absolute Gasteiger partial charge is 0.201 e. The fourth-order valence-electron chi connectivity index (χ4n) is 4.23. The van der Waals surface area contributed by atoms with Gasteiger partial charge in [0, 0.05) is 33.4 Å². The van der Waals surface area contributed by atoms with Crippen LogP contribution in [0.5, 0.6) is 0 Å². The van der Waals surface area contributed by atoms with E-state index in [1.54, 1.807) is 27.7 Å². The summed E-state index contributed by atoms with van der Waals surface area (Å²) in [6.45, 7) is 6.18. The Bertz CT molecular complexity index is 1360. The number of aliphatic hydroxyl groups excluding tert-OH is 2. The van der Waals surface area contributed by atoms with Crippen LogP contribution in [0.4, 0.5) is 0 Å². The molecule has 2 N–H and O–H groups in total. The molecule has 0 saturated carbocycles. The van der Waals surface area contributed by atoms with Crippen LogP contribution in [0.15, 0.2) is 47.5 Å². The van der Waals surface area contributed by atoms with Gasteiger partial charge >= 0.3 is 0 Å². The van der Waals surface area contributed by atoms with Crippen molar-refractivity contribution in [3.8, 4) is 0 Å². The third-order valence-electron chi connectivity index (χ3n) is 6.14. The highest BCUT2D eigenvalue weighted by molar-refractivity contribution is 6.35. The molecule has 0 atom stereocenters. The monoisotopic (exact) mass is 518 g/mol. The van der Waals surface area contributed by atoms with Crippen LogP contribution >= 0.6 is 0 Å². The van der Waals surface area contributed by atoms with Crippen molar-refractivity contribution in [3.05, 3.63) is 80.9 Å². The van der Waals surface area contributed by atoms with E-state index in [0.29, 0.717) is 0 Å². The van der Waals surface area contributed by atoms with Crippen LogP contribution in [0.25, 0.3) is 11.5 Å². The molecule has 38 heavy (non-hydrogen) atoms. The summed E-state index contributed by atoms with van der Waals surface area (Å²) in [7, 11) is 0. The quantitative estimate of drug-likeness (QED) is 0.354. The number of hydrogen-bond acceptors (Lipinski definition) is 9. The van der Waals surface area contributed by atoms with E-state index in [9.17, 15) is 34.2 Å². The maximum absolute atomic E-state index is 13.3. The topological polar surface area (TPSA) is 144 Å². The van der Waals surface area contributed by atoms with Crippen molar-refractivity contribution >= 4 is 40.4 Å². The number of ether oxygens (including phenoxy) is 2. The molecule has 9 nitrogen and oxygen atoms in total. The average Bonchev–Trinajstić information content (AvgIpc) is 3.28. The number of fused-ring (bicyclic) bond motifs is 2. The summed E-state index contributed by atoms with van der Waals surface area (Å²) in [5.41, 5.74) is -0.325. The highest BCUT2D eigenvalue weighted by Crippen LogP contribution is 2.35. The first-order valence-corrected chi connectivity index (χ1v) is 12.0. The molecule has 2 aromatic rings. The predicted octanol–water partition coefficient (Wildman–Crippen LogP) is 3.84. The van der Waals surface area contributed by atoms with E-state index >= 15 is 0 Å². The Morgan fingerprint density at radius 3 is 1.37 bits per heavy atom. The number of aliphatic hydroxyl groups is 2. The molecular formula is C29H26O9. The Morgan fingerprint density at radius 1 is 0.658 bits per heavy atom. The lowest BCUT2D eigenvalue weighted by Gasteiger charge is -2.07. The van der Waals surface area contributed by atoms with Crippen molar-refractivity contribution in [2.24, 2.45) is 0 Å². The van der Waals surface area contributed by atoms with Crippen molar-refractivity contribution in [3.63, 3.8) is 0 Å². The van der Waals surface area contributed by atoms with Gasteiger partial charge in [-0.3, -0.25) is 24.0 Å². The van der Waals surface area contributed by atoms with Crippen molar-refractivity contribution in [2.75, 3.05) is 13.2 Å². The SMILES string of the molecule is CC(C)OCC(=O)C1=C(O)c2cc(C(=O)c3ccc4c(c3)C(O)=C(C(=O)COC(C)C)C4=O)ccc2C1=O. The molecule has 0 unspecified atom stereocenters. The molecule has 0 saturated heterocycles. The van der Waals surface area contributed by atoms with Crippen LogP contribution in [0.2, 0.25) is 0 Å². The summed E-state index contributed by atoms with van der Waals surface area (Å²) in [6.07, 6.45) is -0.492. The molecule has 0 fully saturated rings. The highest BCUT2D eigenvalue weighted by Gasteiger charge is 2.36. The minimum absolute atomic E-state index is 0.0471. The third-order valence-corrected chi connectivity index (χ3v) is 6.14. The largest absolute Gasteiger partial charge is 0.506 e. The van der Waals surface area contributed by atoms with Gasteiger partial charge in [-0.25, -0.2) is 0 Å². The predicted molar refractivity (Wildman–Crippen MR) is 136 cm³/mol. The molecule has 196 valence electrons. The molecule has 0 amide bonds. The normalized spacial score (nSPS) is 14.6. The summed E-state index contributed by atoms with van der Waals surface area (Å²) in [5.74, 6) is -4.22. The molecule has 0 heterocycles. The Morgan fingerprint density at radius 2 is 1.03 bits per heavy atom. The summed E-state index contributed by atoms with van der Waals surface area (Å²) in [6, 6.07) is 8.09. The fourth-order valence-corrected chi connectivity index (χ4v) is 4.23. The molecule has 4 rings (SSSR count). The first-order valence-electron chi connectivity index (χ1n) is 12.0. The molecule has 2 aromatic carbocycles. The molecule has 9 heteroatoms. The van der Waals surface area contributed by atoms with Crippen molar-refractivity contribution < 1.29 is 43.7 Å². The van der Waals surface area contributed by atoms with Gasteiger partial charge in [0.2, 0.25) is 11.6 Å². The second kappa shape index (κ2) is 10.3. The van der Waals surface area contributed by atoms with Crippen LogP contribution in [-0.2, 0) is 19.1 Å². The van der Waals surface area contributed by atoms with E-state index in [0.717, 1.165) is 0 Å². The minimum Gasteiger partial charge on any atom is -0.506 e. The Balaban J connectivity index is 1.64. The van der Waals surface area contributed by atoms with Crippen molar-refractivity contribution in [2.45, 2.75) is 39.9 Å². The number of rotatable bonds is 10. The zero-order valence-corrected chi connectivity index (χ0v) is 21.3. The van der Waals surface area contributed by atoms with Gasteiger partial charge < -0.3 is 19.7 Å². The zero-order chi connectivity index (χ0) is 27.9. The fraction of sp³-hybridized carbons (Fsp3) is 0.276. The molecule has 2 aliphatic rings. The Kier molecular flexibility index (Phi) is 7.26. The van der Waals surface area contributed by atoms with Gasteiger partial charge in [-0.15, -0.1) is 0 Å². The summed E-state index contributed by atoms with van der Waals surface area (Å²) in [4.78, 5) is 63.7. The molecule has 0 spiro atoms. The highest BCUT2D eigenvalue weighted by atomic mass is 16.5. The summed E-state index contributed by atoms with van der Waals surface area (Å²) < 4.78 is 10.5. The van der Waals surface area contributed by atoms with Gasteiger partial charge in [-0.2, -0.15) is 0 Å². The van der Waals surface area contributed by atoms with Gasteiger partial charge in [0.25, 0.3) is 0 Å². The zero-order valence-electron chi connectivity index (χ0n) is 21.3. The van der Waals surface area contributed by atoms with Gasteiger partial charge in [0.05, 0.1) is 12.2 Å². The van der Waals surface area contributed by atoms with Crippen LogP contribution in [0.1, 0.15) is 75.5 Å². The molecule has 2 aliphatic carbocycles. The maximum Gasteiger partial charge on any atom is 0.201 e. The summed E-state index contributed by atoms with van der Waals surface area (Å²) in [5, 5.41) is 21.3. The van der Waals surface area contributed by atoms with Gasteiger partial charge in [0.15, 0.2) is 17.3 Å². The molecular weight excluding hydrogens is 492 g/mol. The average molecular weight is 519 g/mol. The van der Waals surface area contributed by atoms with E-state index < -0.39 is 51.6 Å². The van der Waals surface area contributed by atoms with E-state index in [2.05, 4.69) is 0 Å². The van der Waals surface area contributed by atoms with Crippen molar-refractivity contribution in [1.29, 1.82) is 0 Å². The van der Waals surface area contributed by atoms with Gasteiger partial charge in [-0.05, 0) is 52.0 Å². The second-order valence-corrected chi connectivity index (χ2v) is 9.52. The Labute approximate surface area is 218 Å². The van der Waals surface area contributed by atoms with Gasteiger partial charge in [0.1, 0.15) is 35.9 Å². The van der Waals surface area contributed by atoms with Crippen LogP contribution < -0.4 is 0 Å². The van der Waals surface area contributed by atoms with E-state index in [4.69, 9.17) is 9.47 Å². The number of ketones is 5. The minimum atomic E-state index is -0.667. The number of carbonyl (C=O) groups is 5. The van der Waals surface area contributed by atoms with Crippen molar-refractivity contribution in [1.82, 2.24) is 0 Å². The van der Waals surface area contributed by atoms with E-state index in [-0.39, 0.29) is 58.8 Å². The third kappa shape index (κ3) is 4.73. The molecule has 0 radical (unpaired) electrons. The number of hydrogen-bond donors (Lipinski definition) is 2. The Hall–Kier alpha value is -4.21. The van der Waals surface area contributed by atoms with Crippen LogP contribution in [0, 0.1) is 0 Å². The van der Waals surface area contributed by atoms with Crippen LogP contribution in [0.3, 0.4) is 0 Å².